The highest BCUT2D eigenvalue weighted by Gasteiger charge is 2.20. The summed E-state index contributed by atoms with van der Waals surface area (Å²) in [6.45, 7) is 0. The van der Waals surface area contributed by atoms with Crippen LogP contribution in [-0.4, -0.2) is 0 Å². The largest absolute Gasteiger partial charge is 0.456 e. The molecule has 0 N–H and O–H groups in total. The fourth-order valence-corrected chi connectivity index (χ4v) is 7.18. The summed E-state index contributed by atoms with van der Waals surface area (Å²) in [5.41, 5.74) is 13.0. The van der Waals surface area contributed by atoms with Crippen LogP contribution in [0.25, 0.3) is 66.1 Å². The van der Waals surface area contributed by atoms with Crippen molar-refractivity contribution in [3.8, 4) is 33.4 Å². The minimum absolute atomic E-state index is 0.0833. The highest BCUT2D eigenvalue weighted by molar-refractivity contribution is 6.06. The van der Waals surface area contributed by atoms with Crippen molar-refractivity contribution in [3.05, 3.63) is 205 Å². The van der Waals surface area contributed by atoms with E-state index < -0.39 is 0 Å². The molecule has 226 valence electrons. The first-order chi connectivity index (χ1) is 23.8. The van der Waals surface area contributed by atoms with Gasteiger partial charge in [0.15, 0.2) is 0 Å². The zero-order valence-electron chi connectivity index (χ0n) is 26.4. The van der Waals surface area contributed by atoms with Gasteiger partial charge in [0.1, 0.15) is 11.2 Å². The second-order valence-corrected chi connectivity index (χ2v) is 12.5. The lowest BCUT2D eigenvalue weighted by atomic mass is 9.82. The van der Waals surface area contributed by atoms with E-state index in [1.165, 1.54) is 60.8 Å². The SMILES string of the molecule is c1ccc(-c2ccc(-c3ccc(C(c4ccc(-c5ccc6oc7ccccc7c6c5)cc4)c4cccc5ccccc45)cc3)cc2)cc1. The molecule has 9 rings (SSSR count). The average molecular weight is 613 g/mol. The number of rotatable bonds is 6. The van der Waals surface area contributed by atoms with Gasteiger partial charge in [-0.3, -0.25) is 0 Å². The molecule has 48 heavy (non-hydrogen) atoms. The van der Waals surface area contributed by atoms with Crippen molar-refractivity contribution >= 4 is 32.7 Å². The standard InChI is InChI=1S/C47H32O/c1-2-9-32(10-3-1)33-17-19-34(20-18-33)35-21-25-38(26-22-35)47(43-15-8-12-37-11-4-5-13-41(37)43)39-27-23-36(24-28-39)40-29-30-46-44(31-40)42-14-6-7-16-45(42)48-46/h1-31,47H. The van der Waals surface area contributed by atoms with Crippen LogP contribution in [0.1, 0.15) is 22.6 Å². The molecule has 1 heterocycles. The second kappa shape index (κ2) is 11.9. The van der Waals surface area contributed by atoms with Gasteiger partial charge in [-0.1, -0.05) is 170 Å². The van der Waals surface area contributed by atoms with Crippen LogP contribution in [0.3, 0.4) is 0 Å². The Balaban J connectivity index is 1.09. The molecule has 0 fully saturated rings. The van der Waals surface area contributed by atoms with Crippen molar-refractivity contribution in [2.45, 2.75) is 5.92 Å². The highest BCUT2D eigenvalue weighted by Crippen LogP contribution is 2.39. The molecule has 0 aliphatic carbocycles. The average Bonchev–Trinajstić information content (AvgIpc) is 3.54. The number of fused-ring (bicyclic) bond motifs is 4. The Hall–Kier alpha value is -6.18. The van der Waals surface area contributed by atoms with Crippen LogP contribution in [0.2, 0.25) is 0 Å². The molecule has 0 radical (unpaired) electrons. The molecule has 0 aliphatic heterocycles. The first-order valence-electron chi connectivity index (χ1n) is 16.5. The quantitative estimate of drug-likeness (QED) is 0.170. The van der Waals surface area contributed by atoms with Crippen LogP contribution in [0.15, 0.2) is 192 Å². The smallest absolute Gasteiger partial charge is 0.135 e. The van der Waals surface area contributed by atoms with Gasteiger partial charge in [-0.05, 0) is 79.0 Å². The van der Waals surface area contributed by atoms with Crippen molar-refractivity contribution in [3.63, 3.8) is 0 Å². The summed E-state index contributed by atoms with van der Waals surface area (Å²) in [7, 11) is 0. The van der Waals surface area contributed by atoms with E-state index in [9.17, 15) is 0 Å². The van der Waals surface area contributed by atoms with Crippen molar-refractivity contribution in [1.82, 2.24) is 0 Å². The Labute approximate surface area is 280 Å². The van der Waals surface area contributed by atoms with Gasteiger partial charge in [0.25, 0.3) is 0 Å². The van der Waals surface area contributed by atoms with E-state index in [0.717, 1.165) is 21.9 Å². The van der Waals surface area contributed by atoms with Crippen molar-refractivity contribution in [2.75, 3.05) is 0 Å². The van der Waals surface area contributed by atoms with Crippen LogP contribution in [0, 0.1) is 0 Å². The van der Waals surface area contributed by atoms with Gasteiger partial charge in [0, 0.05) is 16.7 Å². The van der Waals surface area contributed by atoms with E-state index in [4.69, 9.17) is 4.42 Å². The molecule has 8 aromatic carbocycles. The van der Waals surface area contributed by atoms with E-state index in [1.54, 1.807) is 0 Å². The highest BCUT2D eigenvalue weighted by atomic mass is 16.3. The maximum absolute atomic E-state index is 6.09. The zero-order valence-corrected chi connectivity index (χ0v) is 26.4. The molecule has 0 saturated carbocycles. The number of benzene rings is 8. The van der Waals surface area contributed by atoms with E-state index in [1.807, 2.05) is 12.1 Å². The van der Waals surface area contributed by atoms with Gasteiger partial charge in [-0.2, -0.15) is 0 Å². The van der Waals surface area contributed by atoms with Gasteiger partial charge < -0.3 is 4.42 Å². The number of para-hydroxylation sites is 1. The van der Waals surface area contributed by atoms with Crippen LogP contribution in [-0.2, 0) is 0 Å². The van der Waals surface area contributed by atoms with E-state index >= 15 is 0 Å². The molecule has 0 bridgehead atoms. The fourth-order valence-electron chi connectivity index (χ4n) is 7.18. The molecule has 1 unspecified atom stereocenters. The van der Waals surface area contributed by atoms with Crippen molar-refractivity contribution < 1.29 is 4.42 Å². The summed E-state index contributed by atoms with van der Waals surface area (Å²) in [5.74, 6) is 0.0833. The predicted molar refractivity (Wildman–Crippen MR) is 201 cm³/mol. The van der Waals surface area contributed by atoms with Crippen LogP contribution in [0.5, 0.6) is 0 Å². The Morgan fingerprint density at radius 3 is 1.48 bits per heavy atom. The van der Waals surface area contributed by atoms with Crippen LogP contribution >= 0.6 is 0 Å². The Kier molecular flexibility index (Phi) is 6.95. The first kappa shape index (κ1) is 28.1. The second-order valence-electron chi connectivity index (χ2n) is 12.5. The minimum atomic E-state index is 0.0833. The molecule has 9 aromatic rings. The molecule has 0 amide bonds. The minimum Gasteiger partial charge on any atom is -0.456 e. The summed E-state index contributed by atoms with van der Waals surface area (Å²) in [6.07, 6.45) is 0. The van der Waals surface area contributed by atoms with Crippen LogP contribution < -0.4 is 0 Å². The number of furan rings is 1. The van der Waals surface area contributed by atoms with Crippen LogP contribution in [0.4, 0.5) is 0 Å². The lowest BCUT2D eigenvalue weighted by Gasteiger charge is -2.22. The van der Waals surface area contributed by atoms with Gasteiger partial charge >= 0.3 is 0 Å². The maximum Gasteiger partial charge on any atom is 0.135 e. The zero-order chi connectivity index (χ0) is 31.9. The topological polar surface area (TPSA) is 13.1 Å². The van der Waals surface area contributed by atoms with E-state index in [0.29, 0.717) is 0 Å². The molecule has 0 spiro atoms. The van der Waals surface area contributed by atoms with Gasteiger partial charge in [0.05, 0.1) is 0 Å². The summed E-state index contributed by atoms with van der Waals surface area (Å²) in [6, 6.07) is 67.9. The number of hydrogen-bond acceptors (Lipinski definition) is 1. The maximum atomic E-state index is 6.09. The van der Waals surface area contributed by atoms with E-state index in [-0.39, 0.29) is 5.92 Å². The van der Waals surface area contributed by atoms with Gasteiger partial charge in [0.2, 0.25) is 0 Å². The van der Waals surface area contributed by atoms with Gasteiger partial charge in [-0.25, -0.2) is 0 Å². The Bertz CT molecular complexity index is 2520. The third kappa shape index (κ3) is 5.07. The first-order valence-corrected chi connectivity index (χ1v) is 16.5. The Morgan fingerprint density at radius 2 is 0.792 bits per heavy atom. The van der Waals surface area contributed by atoms with Crippen molar-refractivity contribution in [1.29, 1.82) is 0 Å². The number of hydrogen-bond donors (Lipinski definition) is 0. The molecular formula is C47H32O. The molecule has 1 heteroatoms. The summed E-state index contributed by atoms with van der Waals surface area (Å²) >= 11 is 0. The Morgan fingerprint density at radius 1 is 0.312 bits per heavy atom. The molecule has 1 atom stereocenters. The lowest BCUT2D eigenvalue weighted by Crippen LogP contribution is -2.04. The predicted octanol–water partition coefficient (Wildman–Crippen LogP) is 12.9. The monoisotopic (exact) mass is 612 g/mol. The summed E-state index contributed by atoms with van der Waals surface area (Å²) in [5, 5.41) is 4.84. The third-order valence-corrected chi connectivity index (χ3v) is 9.66. The fraction of sp³-hybridized carbons (Fsp3) is 0.0213. The normalized spacial score (nSPS) is 12.1. The van der Waals surface area contributed by atoms with E-state index in [2.05, 4.69) is 176 Å². The van der Waals surface area contributed by atoms with Gasteiger partial charge in [-0.15, -0.1) is 0 Å². The molecule has 1 aromatic heterocycles. The molecular weight excluding hydrogens is 581 g/mol. The molecule has 1 nitrogen and oxygen atoms in total. The molecule has 0 aliphatic rings. The summed E-state index contributed by atoms with van der Waals surface area (Å²) < 4.78 is 6.09. The lowest BCUT2D eigenvalue weighted by molar-refractivity contribution is 0.669. The summed E-state index contributed by atoms with van der Waals surface area (Å²) in [4.78, 5) is 0. The molecule has 0 saturated heterocycles. The van der Waals surface area contributed by atoms with Crippen molar-refractivity contribution in [2.24, 2.45) is 0 Å². The third-order valence-electron chi connectivity index (χ3n) is 9.66.